The van der Waals surface area contributed by atoms with Gasteiger partial charge >= 0.3 is 6.03 Å². The molecule has 10 heteroatoms. The summed E-state index contributed by atoms with van der Waals surface area (Å²) in [6, 6.07) is 5.53. The van der Waals surface area contributed by atoms with Gasteiger partial charge in [-0.3, -0.25) is 4.79 Å². The molecule has 1 aromatic rings. The number of hydrogen-bond donors (Lipinski definition) is 2. The summed E-state index contributed by atoms with van der Waals surface area (Å²) in [7, 11) is -3.57. The van der Waals surface area contributed by atoms with Gasteiger partial charge in [0.1, 0.15) is 0 Å². The third-order valence-electron chi connectivity index (χ3n) is 4.41. The topological polar surface area (TPSA) is 113 Å². The first-order valence-electron chi connectivity index (χ1n) is 8.87. The Kier molecular flexibility index (Phi) is 7.88. The Morgan fingerprint density at radius 3 is 2.26 bits per heavy atom. The van der Waals surface area contributed by atoms with Gasteiger partial charge in [-0.15, -0.1) is 0 Å². The van der Waals surface area contributed by atoms with E-state index in [0.29, 0.717) is 31.1 Å². The molecule has 8 nitrogen and oxygen atoms in total. The maximum Gasteiger partial charge on any atom is 0.312 e. The van der Waals surface area contributed by atoms with Crippen molar-refractivity contribution in [2.24, 2.45) is 5.73 Å². The summed E-state index contributed by atoms with van der Waals surface area (Å²) >= 11 is 5.81. The predicted octanol–water partition coefficient (Wildman–Crippen LogP) is 1.40. The number of unbranched alkanes of at least 4 members (excludes halogenated alkanes) is 2. The average Bonchev–Trinajstić information content (AvgIpc) is 2.64. The van der Waals surface area contributed by atoms with Crippen LogP contribution in [0.15, 0.2) is 29.2 Å². The number of rotatable bonds is 8. The summed E-state index contributed by atoms with van der Waals surface area (Å²) in [5, 5.41) is 2.99. The van der Waals surface area contributed by atoms with E-state index in [2.05, 4.69) is 5.32 Å². The van der Waals surface area contributed by atoms with E-state index in [1.807, 2.05) is 0 Å². The molecule has 0 aliphatic carbocycles. The molecule has 0 aromatic heterocycles. The molecule has 1 aliphatic rings. The molecule has 3 N–H and O–H groups in total. The number of hydrogen-bond acceptors (Lipinski definition) is 4. The van der Waals surface area contributed by atoms with Crippen LogP contribution in [-0.2, 0) is 14.8 Å². The van der Waals surface area contributed by atoms with E-state index in [9.17, 15) is 18.0 Å². The molecule has 2 rings (SSSR count). The van der Waals surface area contributed by atoms with Gasteiger partial charge in [0.05, 0.1) is 4.90 Å². The molecule has 0 radical (unpaired) electrons. The van der Waals surface area contributed by atoms with Crippen molar-refractivity contribution in [3.05, 3.63) is 29.3 Å². The number of amides is 3. The highest BCUT2D eigenvalue weighted by molar-refractivity contribution is 7.89. The molecule has 3 amide bonds. The molecule has 1 fully saturated rings. The second kappa shape index (κ2) is 9.91. The molecule has 0 spiro atoms. The van der Waals surface area contributed by atoms with Crippen LogP contribution >= 0.6 is 11.6 Å². The van der Waals surface area contributed by atoms with Crippen LogP contribution in [0, 0.1) is 0 Å². The first-order valence-corrected chi connectivity index (χ1v) is 10.7. The standard InChI is InChI=1S/C17H25ClN4O4S/c18-14-5-7-15(8-6-14)27(25,26)22-12-10-21(11-13-22)16(23)4-2-1-3-9-20-17(19)24/h5-8H,1-4,9-13H2,(H3,19,20,24). The van der Waals surface area contributed by atoms with Crippen molar-refractivity contribution in [1.82, 2.24) is 14.5 Å². The normalized spacial score (nSPS) is 15.5. The Hall–Kier alpha value is -1.84. The number of sulfonamides is 1. The maximum atomic E-state index is 12.6. The molecule has 0 unspecified atom stereocenters. The zero-order valence-corrected chi connectivity index (χ0v) is 16.6. The van der Waals surface area contributed by atoms with Crippen LogP contribution in [0.3, 0.4) is 0 Å². The summed E-state index contributed by atoms with van der Waals surface area (Å²) in [5.74, 6) is 0.0291. The van der Waals surface area contributed by atoms with Gasteiger partial charge in [0.25, 0.3) is 0 Å². The molecule has 1 aliphatic heterocycles. The molecule has 27 heavy (non-hydrogen) atoms. The van der Waals surface area contributed by atoms with E-state index in [1.54, 1.807) is 17.0 Å². The van der Waals surface area contributed by atoms with E-state index in [0.717, 1.165) is 19.3 Å². The lowest BCUT2D eigenvalue weighted by Gasteiger charge is -2.34. The molecule has 0 atom stereocenters. The minimum Gasteiger partial charge on any atom is -0.352 e. The number of primary amides is 1. The molecule has 0 bridgehead atoms. The monoisotopic (exact) mass is 416 g/mol. The zero-order valence-electron chi connectivity index (χ0n) is 15.1. The third kappa shape index (κ3) is 6.37. The molecular weight excluding hydrogens is 392 g/mol. The number of piperazine rings is 1. The van der Waals surface area contributed by atoms with Crippen molar-refractivity contribution in [2.75, 3.05) is 32.7 Å². The number of nitrogens with one attached hydrogen (secondary N) is 1. The lowest BCUT2D eigenvalue weighted by atomic mass is 10.1. The third-order valence-corrected chi connectivity index (χ3v) is 6.57. The quantitative estimate of drug-likeness (QED) is 0.623. The smallest absolute Gasteiger partial charge is 0.312 e. The molecule has 1 aromatic carbocycles. The highest BCUT2D eigenvalue weighted by Gasteiger charge is 2.29. The van der Waals surface area contributed by atoms with Gasteiger partial charge in [-0.05, 0) is 37.1 Å². The fraction of sp³-hybridized carbons (Fsp3) is 0.529. The number of carbonyl (C=O) groups excluding carboxylic acids is 2. The SMILES string of the molecule is NC(=O)NCCCCCC(=O)N1CCN(S(=O)(=O)c2ccc(Cl)cc2)CC1. The van der Waals surface area contributed by atoms with Crippen LogP contribution < -0.4 is 11.1 Å². The zero-order chi connectivity index (χ0) is 19.9. The number of urea groups is 1. The Morgan fingerprint density at radius 2 is 1.67 bits per heavy atom. The molecule has 1 heterocycles. The van der Waals surface area contributed by atoms with E-state index < -0.39 is 16.1 Å². The van der Waals surface area contributed by atoms with E-state index in [1.165, 1.54) is 16.4 Å². The second-order valence-electron chi connectivity index (χ2n) is 6.34. The minimum atomic E-state index is -3.57. The van der Waals surface area contributed by atoms with E-state index in [-0.39, 0.29) is 23.9 Å². The lowest BCUT2D eigenvalue weighted by Crippen LogP contribution is -2.50. The van der Waals surface area contributed by atoms with Crippen molar-refractivity contribution in [3.63, 3.8) is 0 Å². The highest BCUT2D eigenvalue weighted by Crippen LogP contribution is 2.20. The van der Waals surface area contributed by atoms with Gasteiger partial charge in [0.15, 0.2) is 0 Å². The number of halogens is 1. The Labute approximate surface area is 164 Å². The lowest BCUT2D eigenvalue weighted by molar-refractivity contribution is -0.132. The highest BCUT2D eigenvalue weighted by atomic mass is 35.5. The second-order valence-corrected chi connectivity index (χ2v) is 8.71. The van der Waals surface area contributed by atoms with Crippen LogP contribution in [0.4, 0.5) is 4.79 Å². The van der Waals surface area contributed by atoms with Crippen LogP contribution in [0.1, 0.15) is 25.7 Å². The van der Waals surface area contributed by atoms with Gasteiger partial charge in [0, 0.05) is 44.2 Å². The fourth-order valence-electron chi connectivity index (χ4n) is 2.88. The van der Waals surface area contributed by atoms with E-state index in [4.69, 9.17) is 17.3 Å². The predicted molar refractivity (Wildman–Crippen MR) is 103 cm³/mol. The first kappa shape index (κ1) is 21.5. The van der Waals surface area contributed by atoms with Gasteiger partial charge in [0.2, 0.25) is 15.9 Å². The van der Waals surface area contributed by atoms with Crippen LogP contribution in [-0.4, -0.2) is 62.3 Å². The fourth-order valence-corrected chi connectivity index (χ4v) is 4.43. The number of nitrogens with zero attached hydrogens (tertiary/aromatic N) is 2. The van der Waals surface area contributed by atoms with Crippen LogP contribution in [0.5, 0.6) is 0 Å². The Morgan fingerprint density at radius 1 is 1.04 bits per heavy atom. The summed E-state index contributed by atoms with van der Waals surface area (Å²) < 4.78 is 26.7. The van der Waals surface area contributed by atoms with Gasteiger partial charge in [-0.25, -0.2) is 13.2 Å². The van der Waals surface area contributed by atoms with E-state index >= 15 is 0 Å². The van der Waals surface area contributed by atoms with Gasteiger partial charge in [-0.2, -0.15) is 4.31 Å². The minimum absolute atomic E-state index is 0.0291. The Balaban J connectivity index is 1.75. The molecule has 1 saturated heterocycles. The van der Waals surface area contributed by atoms with Crippen LogP contribution in [0.2, 0.25) is 5.02 Å². The van der Waals surface area contributed by atoms with Gasteiger partial charge < -0.3 is 16.0 Å². The maximum absolute atomic E-state index is 12.6. The van der Waals surface area contributed by atoms with Gasteiger partial charge in [-0.1, -0.05) is 18.0 Å². The van der Waals surface area contributed by atoms with Crippen molar-refractivity contribution in [2.45, 2.75) is 30.6 Å². The molecular formula is C17H25ClN4O4S. The summed E-state index contributed by atoms with van der Waals surface area (Å²) in [5.41, 5.74) is 4.97. The number of benzene rings is 1. The summed E-state index contributed by atoms with van der Waals surface area (Å²) in [4.78, 5) is 24.7. The first-order chi connectivity index (χ1) is 12.8. The summed E-state index contributed by atoms with van der Waals surface area (Å²) in [6.45, 7) is 1.83. The number of nitrogens with two attached hydrogens (primary N) is 1. The van der Waals surface area contributed by atoms with Crippen LogP contribution in [0.25, 0.3) is 0 Å². The molecule has 150 valence electrons. The number of carbonyl (C=O) groups is 2. The average molecular weight is 417 g/mol. The summed E-state index contributed by atoms with van der Waals surface area (Å²) in [6.07, 6.45) is 2.73. The Bertz CT molecular complexity index is 747. The van der Waals surface area contributed by atoms with Crippen molar-refractivity contribution >= 4 is 33.6 Å². The van der Waals surface area contributed by atoms with Crippen molar-refractivity contribution < 1.29 is 18.0 Å². The molecule has 0 saturated carbocycles. The van der Waals surface area contributed by atoms with Crippen molar-refractivity contribution in [1.29, 1.82) is 0 Å². The largest absolute Gasteiger partial charge is 0.352 e. The van der Waals surface area contributed by atoms with Crippen molar-refractivity contribution in [3.8, 4) is 0 Å².